The third kappa shape index (κ3) is 58.8. The van der Waals surface area contributed by atoms with Gasteiger partial charge in [0.05, 0.1) is 0 Å². The first kappa shape index (κ1) is 69.9. The Hall–Kier alpha value is -2.11. The summed E-state index contributed by atoms with van der Waals surface area (Å²) in [6, 6.07) is 0. The third-order valence-corrected chi connectivity index (χ3v) is 14.7. The first-order chi connectivity index (χ1) is 35.5. The Morgan fingerprint density at radius 3 is 0.764 bits per heavy atom. The number of hydrogen-bond acceptors (Lipinski definition) is 6. The SMILES string of the molecule is CCCCCCC/C=C\C/C=C\CCCCCCCCCCCCCCCCCCCCCCCC(=O)OCC(COC(=O)CCCCCCCC)OC(=O)CCCCCCCCCCCCCCCCC. The molecule has 424 valence electrons. The molecule has 6 heteroatoms. The average Bonchev–Trinajstić information content (AvgIpc) is 3.38. The van der Waals surface area contributed by atoms with Crippen molar-refractivity contribution < 1.29 is 28.6 Å². The molecule has 0 aliphatic carbocycles. The number of hydrogen-bond donors (Lipinski definition) is 0. The van der Waals surface area contributed by atoms with Gasteiger partial charge in [0, 0.05) is 19.3 Å². The van der Waals surface area contributed by atoms with Crippen LogP contribution in [-0.4, -0.2) is 37.2 Å². The molecule has 1 atom stereocenters. The first-order valence-electron chi connectivity index (χ1n) is 32.3. The molecule has 0 aliphatic heterocycles. The molecule has 1 unspecified atom stereocenters. The normalized spacial score (nSPS) is 12.1. The highest BCUT2D eigenvalue weighted by Crippen LogP contribution is 2.18. The maximum atomic E-state index is 12.8. The monoisotopic (exact) mass is 1010 g/mol. The van der Waals surface area contributed by atoms with E-state index in [1.54, 1.807) is 0 Å². The minimum atomic E-state index is -0.762. The van der Waals surface area contributed by atoms with Gasteiger partial charge in [-0.3, -0.25) is 14.4 Å². The van der Waals surface area contributed by atoms with Crippen molar-refractivity contribution in [2.45, 2.75) is 367 Å². The van der Waals surface area contributed by atoms with Gasteiger partial charge in [0.25, 0.3) is 0 Å². The Morgan fingerprint density at radius 1 is 0.278 bits per heavy atom. The second kappa shape index (κ2) is 61.4. The molecule has 0 rings (SSSR count). The molecule has 0 saturated heterocycles. The van der Waals surface area contributed by atoms with Crippen LogP contribution in [-0.2, 0) is 28.6 Å². The van der Waals surface area contributed by atoms with Gasteiger partial charge >= 0.3 is 17.9 Å². The lowest BCUT2D eigenvalue weighted by Crippen LogP contribution is -2.30. The van der Waals surface area contributed by atoms with Gasteiger partial charge in [-0.2, -0.15) is 0 Å². The van der Waals surface area contributed by atoms with Gasteiger partial charge < -0.3 is 14.2 Å². The average molecular weight is 1010 g/mol. The summed E-state index contributed by atoms with van der Waals surface area (Å²) in [4.78, 5) is 37.9. The summed E-state index contributed by atoms with van der Waals surface area (Å²) in [6.45, 7) is 6.63. The highest BCUT2D eigenvalue weighted by Gasteiger charge is 2.19. The van der Waals surface area contributed by atoms with Gasteiger partial charge in [0.1, 0.15) is 13.2 Å². The van der Waals surface area contributed by atoms with E-state index in [0.717, 1.165) is 64.2 Å². The minimum absolute atomic E-state index is 0.0645. The maximum Gasteiger partial charge on any atom is 0.306 e. The Morgan fingerprint density at radius 2 is 0.500 bits per heavy atom. The fourth-order valence-electron chi connectivity index (χ4n) is 9.83. The highest BCUT2D eigenvalue weighted by atomic mass is 16.6. The minimum Gasteiger partial charge on any atom is -0.462 e. The molecule has 0 radical (unpaired) electrons. The van der Waals surface area contributed by atoms with E-state index in [1.807, 2.05) is 0 Å². The second-order valence-corrected chi connectivity index (χ2v) is 22.0. The van der Waals surface area contributed by atoms with Crippen LogP contribution in [0.4, 0.5) is 0 Å². The molecule has 0 saturated carbocycles. The van der Waals surface area contributed by atoms with Crippen molar-refractivity contribution in [1.29, 1.82) is 0 Å². The Kier molecular flexibility index (Phi) is 59.6. The number of carbonyl (C=O) groups excluding carboxylic acids is 3. The lowest BCUT2D eigenvalue weighted by atomic mass is 10.0. The van der Waals surface area contributed by atoms with E-state index >= 15 is 0 Å². The number of unbranched alkanes of at least 4 members (excludes halogenated alkanes) is 45. The topological polar surface area (TPSA) is 78.9 Å². The Labute approximate surface area is 449 Å². The van der Waals surface area contributed by atoms with Crippen molar-refractivity contribution in [3.8, 4) is 0 Å². The zero-order valence-electron chi connectivity index (χ0n) is 48.7. The summed E-state index contributed by atoms with van der Waals surface area (Å²) in [6.07, 6.45) is 73.8. The molecule has 0 aromatic carbocycles. The Bertz CT molecular complexity index is 1160. The summed E-state index contributed by atoms with van der Waals surface area (Å²) in [7, 11) is 0. The van der Waals surface area contributed by atoms with E-state index in [0.29, 0.717) is 19.3 Å². The van der Waals surface area contributed by atoms with Crippen molar-refractivity contribution in [3.63, 3.8) is 0 Å². The van der Waals surface area contributed by atoms with Crippen LogP contribution >= 0.6 is 0 Å². The van der Waals surface area contributed by atoms with Crippen molar-refractivity contribution in [3.05, 3.63) is 24.3 Å². The smallest absolute Gasteiger partial charge is 0.306 e. The van der Waals surface area contributed by atoms with E-state index in [4.69, 9.17) is 14.2 Å². The fourth-order valence-corrected chi connectivity index (χ4v) is 9.83. The summed E-state index contributed by atoms with van der Waals surface area (Å²) < 4.78 is 16.8. The van der Waals surface area contributed by atoms with Gasteiger partial charge in [0.15, 0.2) is 6.10 Å². The molecule has 72 heavy (non-hydrogen) atoms. The van der Waals surface area contributed by atoms with Crippen molar-refractivity contribution >= 4 is 17.9 Å². The van der Waals surface area contributed by atoms with Crippen LogP contribution in [0.3, 0.4) is 0 Å². The van der Waals surface area contributed by atoms with E-state index in [1.165, 1.54) is 257 Å². The van der Waals surface area contributed by atoms with Crippen molar-refractivity contribution in [2.75, 3.05) is 13.2 Å². The molecule has 0 heterocycles. The second-order valence-electron chi connectivity index (χ2n) is 22.0. The predicted molar refractivity (Wildman–Crippen MR) is 312 cm³/mol. The van der Waals surface area contributed by atoms with Gasteiger partial charge in [-0.05, 0) is 51.4 Å². The highest BCUT2D eigenvalue weighted by molar-refractivity contribution is 5.71. The van der Waals surface area contributed by atoms with E-state index in [-0.39, 0.29) is 31.1 Å². The van der Waals surface area contributed by atoms with Crippen LogP contribution in [0.5, 0.6) is 0 Å². The number of carbonyl (C=O) groups is 3. The molecule has 0 spiro atoms. The molecular formula is C66H124O6. The molecule has 6 nitrogen and oxygen atoms in total. The summed E-state index contributed by atoms with van der Waals surface area (Å²) in [5.41, 5.74) is 0. The molecule has 0 bridgehead atoms. The lowest BCUT2D eigenvalue weighted by Gasteiger charge is -2.18. The van der Waals surface area contributed by atoms with Crippen LogP contribution in [0.2, 0.25) is 0 Å². The van der Waals surface area contributed by atoms with Crippen LogP contribution < -0.4 is 0 Å². The number of esters is 3. The van der Waals surface area contributed by atoms with E-state index in [2.05, 4.69) is 45.1 Å². The molecule has 0 N–H and O–H groups in total. The van der Waals surface area contributed by atoms with E-state index in [9.17, 15) is 14.4 Å². The molecule has 0 aromatic rings. The lowest BCUT2D eigenvalue weighted by molar-refractivity contribution is -0.167. The van der Waals surface area contributed by atoms with Crippen LogP contribution in [0.1, 0.15) is 361 Å². The molecule has 0 fully saturated rings. The number of allylic oxidation sites excluding steroid dienone is 4. The van der Waals surface area contributed by atoms with Crippen LogP contribution in [0, 0.1) is 0 Å². The standard InChI is InChI=1S/C66H124O6/c1-4-7-10-13-16-18-20-22-24-25-26-27-28-29-30-31-32-33-34-35-36-37-38-39-40-41-43-44-46-48-50-53-56-59-65(68)71-62-63(61-70-64(67)58-55-52-15-12-9-6-3)72-66(69)60-57-54-51-49-47-45-42-23-21-19-17-14-11-8-5-2/h20,22,25-26,63H,4-19,21,23-24,27-62H2,1-3H3/b22-20-,26-25-. The van der Waals surface area contributed by atoms with Crippen molar-refractivity contribution in [2.24, 2.45) is 0 Å². The third-order valence-electron chi connectivity index (χ3n) is 14.7. The van der Waals surface area contributed by atoms with Crippen LogP contribution in [0.15, 0.2) is 24.3 Å². The molecule has 0 aromatic heterocycles. The van der Waals surface area contributed by atoms with Crippen molar-refractivity contribution in [1.82, 2.24) is 0 Å². The quantitative estimate of drug-likeness (QED) is 0.0261. The Balaban J connectivity index is 3.90. The zero-order chi connectivity index (χ0) is 52.2. The number of rotatable bonds is 60. The van der Waals surface area contributed by atoms with Gasteiger partial charge in [-0.1, -0.05) is 315 Å². The summed E-state index contributed by atoms with van der Waals surface area (Å²) >= 11 is 0. The van der Waals surface area contributed by atoms with Crippen LogP contribution in [0.25, 0.3) is 0 Å². The summed E-state index contributed by atoms with van der Waals surface area (Å²) in [5.74, 6) is -0.851. The fraction of sp³-hybridized carbons (Fsp3) is 0.894. The predicted octanol–water partition coefficient (Wildman–Crippen LogP) is 21.8. The van der Waals surface area contributed by atoms with Gasteiger partial charge in [-0.15, -0.1) is 0 Å². The largest absolute Gasteiger partial charge is 0.462 e. The zero-order valence-corrected chi connectivity index (χ0v) is 48.7. The number of ether oxygens (including phenoxy) is 3. The molecule has 0 amide bonds. The van der Waals surface area contributed by atoms with Gasteiger partial charge in [0.2, 0.25) is 0 Å². The summed E-state index contributed by atoms with van der Waals surface area (Å²) in [5, 5.41) is 0. The maximum absolute atomic E-state index is 12.8. The molecule has 0 aliphatic rings. The van der Waals surface area contributed by atoms with Gasteiger partial charge in [-0.25, -0.2) is 0 Å². The molecular weight excluding hydrogens is 889 g/mol. The first-order valence-corrected chi connectivity index (χ1v) is 32.3. The van der Waals surface area contributed by atoms with E-state index < -0.39 is 6.10 Å².